The van der Waals surface area contributed by atoms with Crippen LogP contribution in [0.1, 0.15) is 24.5 Å². The highest BCUT2D eigenvalue weighted by atomic mass is 16.4. The van der Waals surface area contributed by atoms with Crippen LogP contribution in [-0.2, 0) is 11.3 Å². The van der Waals surface area contributed by atoms with Crippen molar-refractivity contribution in [3.05, 3.63) is 53.6 Å². The summed E-state index contributed by atoms with van der Waals surface area (Å²) in [5.74, 6) is -0.737. The van der Waals surface area contributed by atoms with E-state index in [1.54, 1.807) is 0 Å². The first kappa shape index (κ1) is 21.2. The predicted molar refractivity (Wildman–Crippen MR) is 127 cm³/mol. The van der Waals surface area contributed by atoms with Crippen molar-refractivity contribution < 1.29 is 9.90 Å². The standard InChI is InChI=1S/C25H26N6O2/c1-16(10-24(32)33)31-8-6-30(7-9-31)15-18-3-5-21-19(11-18)13-23(27-21)25-20-4-2-17(14-26)12-22(20)28-29-25/h2-5,11-13,16,27H,6-10,15H2,1H3,(H,28,29)(H,32,33). The number of carboxylic acids is 1. The molecule has 1 aliphatic heterocycles. The fraction of sp³-hybridized carbons (Fsp3) is 0.320. The molecule has 1 saturated heterocycles. The number of H-pyrrole nitrogens is 2. The molecule has 1 fully saturated rings. The second-order valence-corrected chi connectivity index (χ2v) is 8.81. The van der Waals surface area contributed by atoms with Gasteiger partial charge in [0.1, 0.15) is 5.69 Å². The number of aromatic amines is 2. The molecular weight excluding hydrogens is 416 g/mol. The average Bonchev–Trinajstić information content (AvgIpc) is 3.42. The molecule has 1 atom stereocenters. The molecule has 3 heterocycles. The molecule has 0 bridgehead atoms. The average molecular weight is 443 g/mol. The van der Waals surface area contributed by atoms with Gasteiger partial charge in [-0.1, -0.05) is 6.07 Å². The monoisotopic (exact) mass is 442 g/mol. The first-order valence-electron chi connectivity index (χ1n) is 11.2. The van der Waals surface area contributed by atoms with Gasteiger partial charge >= 0.3 is 5.97 Å². The maximum absolute atomic E-state index is 11.0. The lowest BCUT2D eigenvalue weighted by molar-refractivity contribution is -0.138. The van der Waals surface area contributed by atoms with Crippen LogP contribution in [0.15, 0.2) is 42.5 Å². The van der Waals surface area contributed by atoms with E-state index in [-0.39, 0.29) is 12.5 Å². The minimum absolute atomic E-state index is 0.0730. The molecule has 0 spiro atoms. The first-order valence-corrected chi connectivity index (χ1v) is 11.2. The van der Waals surface area contributed by atoms with E-state index in [1.807, 2.05) is 25.1 Å². The van der Waals surface area contributed by atoms with Crippen molar-refractivity contribution in [2.45, 2.75) is 25.9 Å². The summed E-state index contributed by atoms with van der Waals surface area (Å²) in [4.78, 5) is 19.1. The molecule has 168 valence electrons. The van der Waals surface area contributed by atoms with E-state index in [0.29, 0.717) is 5.56 Å². The lowest BCUT2D eigenvalue weighted by atomic mass is 10.1. The van der Waals surface area contributed by atoms with E-state index < -0.39 is 5.97 Å². The zero-order chi connectivity index (χ0) is 22.9. The number of carbonyl (C=O) groups is 1. The Morgan fingerprint density at radius 3 is 2.73 bits per heavy atom. The van der Waals surface area contributed by atoms with E-state index in [9.17, 15) is 4.79 Å². The summed E-state index contributed by atoms with van der Waals surface area (Å²) in [5.41, 5.74) is 5.56. The molecule has 0 aliphatic carbocycles. The number of aliphatic carboxylic acids is 1. The topological polar surface area (TPSA) is 112 Å². The number of piperazine rings is 1. The van der Waals surface area contributed by atoms with Crippen molar-refractivity contribution in [1.82, 2.24) is 25.0 Å². The van der Waals surface area contributed by atoms with Crippen LogP contribution >= 0.6 is 0 Å². The molecule has 2 aromatic carbocycles. The Bertz CT molecular complexity index is 1360. The normalized spacial score (nSPS) is 16.2. The quantitative estimate of drug-likeness (QED) is 0.421. The van der Waals surface area contributed by atoms with Crippen molar-refractivity contribution in [2.75, 3.05) is 26.2 Å². The zero-order valence-electron chi connectivity index (χ0n) is 18.5. The summed E-state index contributed by atoms with van der Waals surface area (Å²) < 4.78 is 0. The minimum Gasteiger partial charge on any atom is -0.481 e. The lowest BCUT2D eigenvalue weighted by Crippen LogP contribution is -2.49. The van der Waals surface area contributed by atoms with Crippen LogP contribution in [0.25, 0.3) is 33.2 Å². The van der Waals surface area contributed by atoms with Crippen molar-refractivity contribution in [3.8, 4) is 17.5 Å². The van der Waals surface area contributed by atoms with Crippen LogP contribution in [0.4, 0.5) is 0 Å². The highest BCUT2D eigenvalue weighted by Crippen LogP contribution is 2.29. The van der Waals surface area contributed by atoms with Crippen molar-refractivity contribution in [1.29, 1.82) is 5.26 Å². The second-order valence-electron chi connectivity index (χ2n) is 8.81. The maximum Gasteiger partial charge on any atom is 0.304 e. The summed E-state index contributed by atoms with van der Waals surface area (Å²) >= 11 is 0. The maximum atomic E-state index is 11.0. The SMILES string of the molecule is CC(CC(=O)O)N1CCN(Cc2ccc3[nH]c(-c4n[nH]c5cc(C#N)ccc45)cc3c2)CC1. The number of hydrogen-bond acceptors (Lipinski definition) is 5. The Labute approximate surface area is 191 Å². The van der Waals surface area contributed by atoms with Crippen molar-refractivity contribution >= 4 is 27.8 Å². The number of carboxylic acid groups (broad SMARTS) is 1. The summed E-state index contributed by atoms with van der Waals surface area (Å²) in [5, 5.41) is 27.8. The minimum atomic E-state index is -0.737. The molecule has 4 aromatic rings. The summed E-state index contributed by atoms with van der Waals surface area (Å²) in [6, 6.07) is 16.4. The molecule has 5 rings (SSSR count). The molecule has 33 heavy (non-hydrogen) atoms. The fourth-order valence-corrected chi connectivity index (χ4v) is 4.70. The molecule has 0 radical (unpaired) electrons. The lowest BCUT2D eigenvalue weighted by Gasteiger charge is -2.37. The molecule has 8 heteroatoms. The van der Waals surface area contributed by atoms with Crippen LogP contribution in [-0.4, -0.2) is 68.3 Å². The summed E-state index contributed by atoms with van der Waals surface area (Å²) in [7, 11) is 0. The number of nitriles is 1. The van der Waals surface area contributed by atoms with Gasteiger partial charge in [0.2, 0.25) is 0 Å². The Morgan fingerprint density at radius 2 is 1.97 bits per heavy atom. The van der Waals surface area contributed by atoms with Gasteiger partial charge in [-0.3, -0.25) is 19.7 Å². The number of fused-ring (bicyclic) bond motifs is 2. The molecule has 2 aromatic heterocycles. The summed E-state index contributed by atoms with van der Waals surface area (Å²) in [6.07, 6.45) is 0.192. The van der Waals surface area contributed by atoms with Crippen LogP contribution < -0.4 is 0 Å². The number of nitrogens with one attached hydrogen (secondary N) is 2. The highest BCUT2D eigenvalue weighted by molar-refractivity contribution is 5.96. The van der Waals surface area contributed by atoms with E-state index in [1.165, 1.54) is 5.56 Å². The van der Waals surface area contributed by atoms with Crippen LogP contribution in [0.5, 0.6) is 0 Å². The van der Waals surface area contributed by atoms with Gasteiger partial charge in [-0.15, -0.1) is 0 Å². The second kappa shape index (κ2) is 8.70. The van der Waals surface area contributed by atoms with Gasteiger partial charge in [0.15, 0.2) is 0 Å². The predicted octanol–water partition coefficient (Wildman–Crippen LogP) is 3.56. The van der Waals surface area contributed by atoms with E-state index >= 15 is 0 Å². The third-order valence-corrected chi connectivity index (χ3v) is 6.54. The smallest absolute Gasteiger partial charge is 0.304 e. The largest absolute Gasteiger partial charge is 0.481 e. The van der Waals surface area contributed by atoms with Gasteiger partial charge in [0.25, 0.3) is 0 Å². The van der Waals surface area contributed by atoms with E-state index in [4.69, 9.17) is 10.4 Å². The van der Waals surface area contributed by atoms with Crippen LogP contribution in [0, 0.1) is 11.3 Å². The van der Waals surface area contributed by atoms with Gasteiger partial charge in [-0.25, -0.2) is 0 Å². The number of nitrogens with zero attached hydrogens (tertiary/aromatic N) is 4. The number of benzene rings is 2. The molecule has 1 unspecified atom stereocenters. The fourth-order valence-electron chi connectivity index (χ4n) is 4.70. The van der Waals surface area contributed by atoms with Gasteiger partial charge in [0.05, 0.1) is 29.3 Å². The summed E-state index contributed by atoms with van der Waals surface area (Å²) in [6.45, 7) is 6.52. The van der Waals surface area contributed by atoms with Crippen LogP contribution in [0.2, 0.25) is 0 Å². The molecular formula is C25H26N6O2. The Morgan fingerprint density at radius 1 is 1.15 bits per heavy atom. The number of hydrogen-bond donors (Lipinski definition) is 3. The van der Waals surface area contributed by atoms with Gasteiger partial charge < -0.3 is 10.1 Å². The van der Waals surface area contributed by atoms with E-state index in [2.05, 4.69) is 55.3 Å². The Kier molecular flexibility index (Phi) is 5.58. The van der Waals surface area contributed by atoms with Crippen LogP contribution in [0.3, 0.4) is 0 Å². The van der Waals surface area contributed by atoms with Gasteiger partial charge in [-0.2, -0.15) is 10.4 Å². The number of rotatable bonds is 6. The van der Waals surface area contributed by atoms with E-state index in [0.717, 1.165) is 65.9 Å². The molecule has 0 amide bonds. The van der Waals surface area contributed by atoms with Gasteiger partial charge in [0, 0.05) is 55.1 Å². The number of aromatic nitrogens is 3. The van der Waals surface area contributed by atoms with Crippen molar-refractivity contribution in [2.24, 2.45) is 0 Å². The molecule has 1 aliphatic rings. The van der Waals surface area contributed by atoms with Gasteiger partial charge in [-0.05, 0) is 48.9 Å². The first-order chi connectivity index (χ1) is 16.0. The highest BCUT2D eigenvalue weighted by Gasteiger charge is 2.22. The van der Waals surface area contributed by atoms with Crippen molar-refractivity contribution in [3.63, 3.8) is 0 Å². The Balaban J connectivity index is 1.30. The molecule has 3 N–H and O–H groups in total. The zero-order valence-corrected chi connectivity index (χ0v) is 18.5. The Hall–Kier alpha value is -3.67. The molecule has 0 saturated carbocycles. The third kappa shape index (κ3) is 4.33. The molecule has 8 nitrogen and oxygen atoms in total. The third-order valence-electron chi connectivity index (χ3n) is 6.54.